The Morgan fingerprint density at radius 2 is 1.77 bits per heavy atom. The predicted octanol–water partition coefficient (Wildman–Crippen LogP) is 5.62. The maximum atomic E-state index is 13.7. The minimum Gasteiger partial charge on any atom is -0.493 e. The van der Waals surface area contributed by atoms with Gasteiger partial charge in [0.25, 0.3) is 5.09 Å². The zero-order valence-corrected chi connectivity index (χ0v) is 26.3. The average Bonchev–Trinajstić information content (AvgIpc) is 3.71. The summed E-state index contributed by atoms with van der Waals surface area (Å²) in [5.41, 5.74) is 3.97. The van der Waals surface area contributed by atoms with E-state index in [1.807, 2.05) is 42.5 Å². The first-order valence-electron chi connectivity index (χ1n) is 15.1. The molecule has 3 aliphatic heterocycles. The number of methoxy groups -OCH3 is 3. The first-order valence-corrected chi connectivity index (χ1v) is 15.1. The van der Waals surface area contributed by atoms with Crippen LogP contribution in [0.4, 0.5) is 0 Å². The molecule has 4 aromatic carbocycles. The van der Waals surface area contributed by atoms with Crippen molar-refractivity contribution in [2.45, 2.75) is 24.6 Å². The molecule has 0 aliphatic carbocycles. The molecule has 3 aliphatic rings. The van der Waals surface area contributed by atoms with Crippen LogP contribution in [0.3, 0.4) is 0 Å². The van der Waals surface area contributed by atoms with Crippen LogP contribution in [0.1, 0.15) is 56.4 Å². The number of cyclic esters (lactones) is 1. The van der Waals surface area contributed by atoms with E-state index in [2.05, 4.69) is 16.7 Å². The lowest BCUT2D eigenvalue weighted by Crippen LogP contribution is -2.41. The van der Waals surface area contributed by atoms with Gasteiger partial charge in [0.1, 0.15) is 17.4 Å². The van der Waals surface area contributed by atoms with Crippen LogP contribution < -0.4 is 28.5 Å². The van der Waals surface area contributed by atoms with Gasteiger partial charge in [-0.05, 0) is 53.9 Å². The van der Waals surface area contributed by atoms with Gasteiger partial charge in [-0.3, -0.25) is 9.74 Å². The molecule has 0 spiro atoms. The van der Waals surface area contributed by atoms with Crippen LogP contribution in [-0.4, -0.2) is 50.6 Å². The monoisotopic (exact) mass is 650 g/mol. The number of ether oxygens (including phenoxy) is 6. The quantitative estimate of drug-likeness (QED) is 0.102. The highest BCUT2D eigenvalue weighted by molar-refractivity contribution is 5.98. The van der Waals surface area contributed by atoms with Crippen molar-refractivity contribution >= 4 is 5.97 Å². The number of carbonyl (C=O) groups is 1. The number of nitrogens with zero attached hydrogens (tertiary/aromatic N) is 2. The van der Waals surface area contributed by atoms with Crippen LogP contribution in [0.5, 0.6) is 34.5 Å². The van der Waals surface area contributed by atoms with Gasteiger partial charge in [-0.1, -0.05) is 48.2 Å². The lowest BCUT2D eigenvalue weighted by molar-refractivity contribution is -0.711. The van der Waals surface area contributed by atoms with Gasteiger partial charge in [0, 0.05) is 23.2 Å². The van der Waals surface area contributed by atoms with E-state index in [1.54, 1.807) is 31.4 Å². The van der Waals surface area contributed by atoms with Gasteiger partial charge in [0.15, 0.2) is 23.0 Å². The molecule has 3 atom stereocenters. The summed E-state index contributed by atoms with van der Waals surface area (Å²) >= 11 is 0. The topological polar surface area (TPSA) is 128 Å². The molecule has 48 heavy (non-hydrogen) atoms. The molecule has 0 radical (unpaired) electrons. The number of fused-ring (bicyclic) bond motifs is 3. The summed E-state index contributed by atoms with van der Waals surface area (Å²) in [7, 11) is 4.53. The number of benzene rings is 4. The van der Waals surface area contributed by atoms with Crippen LogP contribution in [0.2, 0.25) is 0 Å². The molecule has 3 heterocycles. The first-order chi connectivity index (χ1) is 23.4. The summed E-state index contributed by atoms with van der Waals surface area (Å²) in [5, 5.41) is 10.4. The van der Waals surface area contributed by atoms with Crippen molar-refractivity contribution in [3.8, 4) is 46.3 Å². The van der Waals surface area contributed by atoms with Crippen LogP contribution in [-0.2, 0) is 11.2 Å². The second-order valence-electron chi connectivity index (χ2n) is 11.2. The van der Waals surface area contributed by atoms with Crippen molar-refractivity contribution in [1.82, 2.24) is 4.90 Å². The molecule has 0 fully saturated rings. The fourth-order valence-corrected chi connectivity index (χ4v) is 6.70. The molecule has 0 N–H and O–H groups in total. The largest absolute Gasteiger partial charge is 0.493 e. The highest BCUT2D eigenvalue weighted by Gasteiger charge is 2.48. The standard InChI is InChI=1S/C36H30N2O10/c1-42-27-15-13-25-30(33(27)43-2)36(39)47-32(25)31-29-23(19-28-34(35(29)44-3)46-20-45-28)16-17-37(31)26(14-12-21-8-5-4-6-9-21)22-10-7-11-24(18-22)48-38(40)41/h4-11,13,15,18-19,26,31-32H,16-17,20H2,1-3H3/t26?,31-,32+/m0/s1. The molecule has 7 rings (SSSR count). The second kappa shape index (κ2) is 12.7. The SMILES string of the molecule is COc1ccc2c(c1OC)C(=O)O[C@H]2[C@@H]1c2c(cc3c(c2OC)OCO3)CCN1C(C#Cc1ccccc1)c1cccc(O[N+](=O)[O-])c1. The van der Waals surface area contributed by atoms with E-state index in [4.69, 9.17) is 33.3 Å². The van der Waals surface area contributed by atoms with Gasteiger partial charge in [0.2, 0.25) is 12.5 Å². The van der Waals surface area contributed by atoms with Gasteiger partial charge in [0.05, 0.1) is 33.4 Å². The number of hydrogen-bond donors (Lipinski definition) is 0. The van der Waals surface area contributed by atoms with Gasteiger partial charge >= 0.3 is 5.97 Å². The normalized spacial score (nSPS) is 18.0. The molecule has 244 valence electrons. The molecule has 0 amide bonds. The zero-order valence-electron chi connectivity index (χ0n) is 26.3. The summed E-state index contributed by atoms with van der Waals surface area (Å²) in [6.07, 6.45) is -0.285. The fraction of sp³-hybridized carbons (Fsp3) is 0.250. The molecular formula is C36H30N2O10. The number of hydrogen-bond acceptors (Lipinski definition) is 11. The third-order valence-corrected chi connectivity index (χ3v) is 8.66. The van der Waals surface area contributed by atoms with E-state index in [9.17, 15) is 14.9 Å². The van der Waals surface area contributed by atoms with E-state index >= 15 is 0 Å². The maximum Gasteiger partial charge on any atom is 0.343 e. The van der Waals surface area contributed by atoms with Crippen LogP contribution >= 0.6 is 0 Å². The summed E-state index contributed by atoms with van der Waals surface area (Å²) in [6.45, 7) is 0.501. The molecule has 0 saturated heterocycles. The Morgan fingerprint density at radius 3 is 2.52 bits per heavy atom. The summed E-state index contributed by atoms with van der Waals surface area (Å²) in [6, 6.07) is 20.3. The molecular weight excluding hydrogens is 620 g/mol. The number of rotatable bonds is 8. The van der Waals surface area contributed by atoms with Crippen LogP contribution in [0, 0.1) is 22.0 Å². The van der Waals surface area contributed by atoms with E-state index in [0.29, 0.717) is 47.1 Å². The van der Waals surface area contributed by atoms with E-state index in [0.717, 1.165) is 16.7 Å². The molecule has 0 aromatic heterocycles. The Balaban J connectivity index is 1.45. The van der Waals surface area contributed by atoms with Crippen molar-refractivity contribution in [2.24, 2.45) is 0 Å². The van der Waals surface area contributed by atoms with Crippen molar-refractivity contribution in [3.63, 3.8) is 0 Å². The van der Waals surface area contributed by atoms with Gasteiger partial charge < -0.3 is 28.4 Å². The molecule has 4 aromatic rings. The van der Waals surface area contributed by atoms with Crippen LogP contribution in [0.15, 0.2) is 72.8 Å². The van der Waals surface area contributed by atoms with Gasteiger partial charge in [-0.15, -0.1) is 10.1 Å². The minimum absolute atomic E-state index is 0.0373. The number of carbonyl (C=O) groups excluding carboxylic acids is 1. The smallest absolute Gasteiger partial charge is 0.343 e. The van der Waals surface area contributed by atoms with Crippen molar-refractivity contribution in [2.75, 3.05) is 34.7 Å². The molecule has 12 nitrogen and oxygen atoms in total. The number of esters is 1. The van der Waals surface area contributed by atoms with Crippen molar-refractivity contribution < 1.29 is 43.1 Å². The van der Waals surface area contributed by atoms with E-state index < -0.39 is 29.2 Å². The molecule has 1 unspecified atom stereocenters. The third kappa shape index (κ3) is 5.34. The van der Waals surface area contributed by atoms with Crippen LogP contribution in [0.25, 0.3) is 0 Å². The Labute approximate surface area is 275 Å². The Kier molecular flexibility index (Phi) is 8.12. The maximum absolute atomic E-state index is 13.7. The zero-order chi connectivity index (χ0) is 33.4. The summed E-state index contributed by atoms with van der Waals surface area (Å²) in [4.78, 5) is 31.9. The summed E-state index contributed by atoms with van der Waals surface area (Å²) in [5.74, 6) is 8.33. The highest BCUT2D eigenvalue weighted by atomic mass is 17.0. The highest BCUT2D eigenvalue weighted by Crippen LogP contribution is 2.57. The Bertz CT molecular complexity index is 1970. The lowest BCUT2D eigenvalue weighted by atomic mass is 9.83. The Morgan fingerprint density at radius 1 is 0.958 bits per heavy atom. The molecule has 0 bridgehead atoms. The fourth-order valence-electron chi connectivity index (χ4n) is 6.70. The van der Waals surface area contributed by atoms with Crippen molar-refractivity contribution in [3.05, 3.63) is 116 Å². The average molecular weight is 651 g/mol. The van der Waals surface area contributed by atoms with E-state index in [-0.39, 0.29) is 23.9 Å². The van der Waals surface area contributed by atoms with Gasteiger partial charge in [-0.25, -0.2) is 4.79 Å². The minimum atomic E-state index is -0.853. The lowest BCUT2D eigenvalue weighted by Gasteiger charge is -2.43. The van der Waals surface area contributed by atoms with E-state index in [1.165, 1.54) is 20.3 Å². The second-order valence-corrected chi connectivity index (χ2v) is 11.2. The third-order valence-electron chi connectivity index (χ3n) is 8.66. The first kappa shape index (κ1) is 30.7. The van der Waals surface area contributed by atoms with Gasteiger partial charge in [-0.2, -0.15) is 0 Å². The Hall–Kier alpha value is -5.93. The summed E-state index contributed by atoms with van der Waals surface area (Å²) < 4.78 is 35.0. The van der Waals surface area contributed by atoms with Crippen molar-refractivity contribution in [1.29, 1.82) is 0 Å². The molecule has 0 saturated carbocycles. The molecule has 12 heteroatoms. The predicted molar refractivity (Wildman–Crippen MR) is 170 cm³/mol.